The van der Waals surface area contributed by atoms with Gasteiger partial charge >= 0.3 is 0 Å². The van der Waals surface area contributed by atoms with Crippen LogP contribution in [0.25, 0.3) is 0 Å². The molecular weight excluding hydrogens is 338 g/mol. The zero-order chi connectivity index (χ0) is 18.0. The second-order valence-corrected chi connectivity index (χ2v) is 7.79. The van der Waals surface area contributed by atoms with Crippen LogP contribution in [0.15, 0.2) is 24.5 Å². The van der Waals surface area contributed by atoms with E-state index in [1.807, 2.05) is 0 Å². The van der Waals surface area contributed by atoms with E-state index in [4.69, 9.17) is 0 Å². The number of rotatable bonds is 17. The van der Waals surface area contributed by atoms with Gasteiger partial charge in [-0.3, -0.25) is 0 Å². The van der Waals surface area contributed by atoms with Crippen molar-refractivity contribution >= 4 is 0 Å². The van der Waals surface area contributed by atoms with Crippen molar-refractivity contribution in [2.45, 2.75) is 123 Å². The van der Waals surface area contributed by atoms with Gasteiger partial charge in [-0.2, -0.15) is 0 Å². The molecule has 0 aliphatic heterocycles. The molecule has 0 aliphatic rings. The minimum atomic E-state index is 0. The predicted octanol–water partition coefficient (Wildman–Crippen LogP) is 4.41. The Bertz CT molecular complexity index is 388. The van der Waals surface area contributed by atoms with Gasteiger partial charge in [0.15, 0.2) is 12.4 Å². The maximum Gasteiger partial charge on any atom is 0.169 e. The van der Waals surface area contributed by atoms with Crippen LogP contribution in [-0.2, 0) is 13.0 Å². The molecule has 0 unspecified atom stereocenters. The third-order valence-corrected chi connectivity index (χ3v) is 5.30. The molecule has 0 aliphatic carbocycles. The molecule has 26 heavy (non-hydrogen) atoms. The van der Waals surface area contributed by atoms with E-state index in [9.17, 15) is 0 Å². The van der Waals surface area contributed by atoms with Crippen LogP contribution in [0.3, 0.4) is 0 Å². The van der Waals surface area contributed by atoms with E-state index in [0.29, 0.717) is 0 Å². The number of unbranched alkanes of at least 4 members (excludes halogenated alkanes) is 13. The SMILES string of the molecule is CCCCCCCCCCCC[n+]1ccc(CCCCCCC)cc1.[Cl-]. The van der Waals surface area contributed by atoms with E-state index in [-0.39, 0.29) is 12.4 Å². The first-order valence-corrected chi connectivity index (χ1v) is 11.3. The zero-order valence-corrected chi connectivity index (χ0v) is 18.4. The third-order valence-electron chi connectivity index (χ3n) is 5.30. The molecule has 1 heterocycles. The van der Waals surface area contributed by atoms with Crippen molar-refractivity contribution in [2.24, 2.45) is 0 Å². The molecule has 0 fully saturated rings. The molecule has 1 aromatic rings. The number of halogens is 1. The summed E-state index contributed by atoms with van der Waals surface area (Å²) in [5.74, 6) is 0. The average molecular weight is 382 g/mol. The lowest BCUT2D eigenvalue weighted by Gasteiger charge is -2.03. The first-order valence-electron chi connectivity index (χ1n) is 11.3. The molecule has 1 nitrogen and oxygen atoms in total. The minimum absolute atomic E-state index is 0. The highest BCUT2D eigenvalue weighted by atomic mass is 35.5. The lowest BCUT2D eigenvalue weighted by Crippen LogP contribution is -3.00. The highest BCUT2D eigenvalue weighted by Gasteiger charge is 2.01. The van der Waals surface area contributed by atoms with Gasteiger partial charge in [0.05, 0.1) is 0 Å². The smallest absolute Gasteiger partial charge is 0.169 e. The van der Waals surface area contributed by atoms with Crippen LogP contribution in [0.1, 0.15) is 116 Å². The van der Waals surface area contributed by atoms with Gasteiger partial charge < -0.3 is 12.4 Å². The highest BCUT2D eigenvalue weighted by molar-refractivity contribution is 5.07. The first kappa shape index (κ1) is 25.4. The number of aryl methyl sites for hydroxylation is 2. The van der Waals surface area contributed by atoms with Crippen molar-refractivity contribution in [1.82, 2.24) is 0 Å². The minimum Gasteiger partial charge on any atom is -1.00 e. The van der Waals surface area contributed by atoms with Crippen LogP contribution in [0.4, 0.5) is 0 Å². The molecular formula is C24H44ClN. The van der Waals surface area contributed by atoms with Gasteiger partial charge in [-0.1, -0.05) is 90.9 Å². The summed E-state index contributed by atoms with van der Waals surface area (Å²) in [5, 5.41) is 0. The van der Waals surface area contributed by atoms with Crippen molar-refractivity contribution in [3.8, 4) is 0 Å². The Hall–Kier alpha value is -0.560. The number of pyridine rings is 1. The molecule has 0 saturated heterocycles. The molecule has 2 heteroatoms. The fourth-order valence-electron chi connectivity index (χ4n) is 3.52. The standard InChI is InChI=1S/C24H44N.ClH/c1-3-5-7-9-10-11-12-13-15-17-21-25-22-19-24(20-23-25)18-16-14-8-6-4-2;/h19-20,22-23H,3-18,21H2,1-2H3;1H/q+1;/p-1. The van der Waals surface area contributed by atoms with E-state index in [0.717, 1.165) is 0 Å². The third kappa shape index (κ3) is 14.6. The average Bonchev–Trinajstić information content (AvgIpc) is 2.64. The van der Waals surface area contributed by atoms with Gasteiger partial charge in [0.2, 0.25) is 0 Å². The van der Waals surface area contributed by atoms with Crippen LogP contribution in [-0.4, -0.2) is 0 Å². The van der Waals surface area contributed by atoms with E-state index < -0.39 is 0 Å². The lowest BCUT2D eigenvalue weighted by atomic mass is 10.1. The lowest BCUT2D eigenvalue weighted by molar-refractivity contribution is -0.697. The number of nitrogens with zero attached hydrogens (tertiary/aromatic N) is 1. The van der Waals surface area contributed by atoms with E-state index >= 15 is 0 Å². The zero-order valence-electron chi connectivity index (χ0n) is 17.7. The molecule has 0 aromatic carbocycles. The summed E-state index contributed by atoms with van der Waals surface area (Å²) in [7, 11) is 0. The molecule has 0 atom stereocenters. The van der Waals surface area contributed by atoms with Gasteiger partial charge in [0.1, 0.15) is 6.54 Å². The quantitative estimate of drug-likeness (QED) is 0.278. The van der Waals surface area contributed by atoms with Gasteiger partial charge in [0.25, 0.3) is 0 Å². The Morgan fingerprint density at radius 2 is 1.00 bits per heavy atom. The van der Waals surface area contributed by atoms with Crippen molar-refractivity contribution < 1.29 is 17.0 Å². The molecule has 0 spiro atoms. The van der Waals surface area contributed by atoms with E-state index in [1.165, 1.54) is 115 Å². The van der Waals surface area contributed by atoms with Crippen LogP contribution in [0, 0.1) is 0 Å². The van der Waals surface area contributed by atoms with E-state index in [1.54, 1.807) is 0 Å². The summed E-state index contributed by atoms with van der Waals surface area (Å²) in [6.07, 6.45) is 26.9. The number of hydrogen-bond donors (Lipinski definition) is 0. The van der Waals surface area contributed by atoms with Crippen LogP contribution in [0.2, 0.25) is 0 Å². The summed E-state index contributed by atoms with van der Waals surface area (Å²) in [6.45, 7) is 5.76. The molecule has 1 aromatic heterocycles. The van der Waals surface area contributed by atoms with Crippen LogP contribution < -0.4 is 17.0 Å². The Morgan fingerprint density at radius 1 is 0.577 bits per heavy atom. The normalized spacial score (nSPS) is 10.7. The fraction of sp³-hybridized carbons (Fsp3) is 0.792. The summed E-state index contributed by atoms with van der Waals surface area (Å²) in [4.78, 5) is 0. The predicted molar refractivity (Wildman–Crippen MR) is 111 cm³/mol. The van der Waals surface area contributed by atoms with Gasteiger partial charge in [0, 0.05) is 18.6 Å². The summed E-state index contributed by atoms with van der Waals surface area (Å²) >= 11 is 0. The molecule has 0 radical (unpaired) electrons. The van der Waals surface area contributed by atoms with Gasteiger partial charge in [-0.15, -0.1) is 0 Å². The fourth-order valence-corrected chi connectivity index (χ4v) is 3.52. The summed E-state index contributed by atoms with van der Waals surface area (Å²) in [6, 6.07) is 4.66. The monoisotopic (exact) mass is 381 g/mol. The largest absolute Gasteiger partial charge is 1.00 e. The first-order chi connectivity index (χ1) is 12.4. The molecule has 0 amide bonds. The van der Waals surface area contributed by atoms with Gasteiger partial charge in [-0.25, -0.2) is 4.57 Å². The summed E-state index contributed by atoms with van der Waals surface area (Å²) < 4.78 is 2.37. The molecule has 152 valence electrons. The Balaban J connectivity index is 0.00000625. The van der Waals surface area contributed by atoms with Gasteiger partial charge in [-0.05, 0) is 24.8 Å². The van der Waals surface area contributed by atoms with Crippen molar-refractivity contribution in [3.63, 3.8) is 0 Å². The molecule has 0 bridgehead atoms. The number of aromatic nitrogens is 1. The van der Waals surface area contributed by atoms with Crippen molar-refractivity contribution in [2.75, 3.05) is 0 Å². The molecule has 0 N–H and O–H groups in total. The Labute approximate surface area is 170 Å². The Morgan fingerprint density at radius 3 is 1.50 bits per heavy atom. The summed E-state index contributed by atoms with van der Waals surface area (Å²) in [5.41, 5.74) is 1.51. The molecule has 0 saturated carbocycles. The maximum atomic E-state index is 2.37. The van der Waals surface area contributed by atoms with Crippen LogP contribution >= 0.6 is 0 Å². The topological polar surface area (TPSA) is 3.88 Å². The second kappa shape index (κ2) is 19.2. The number of hydrogen-bond acceptors (Lipinski definition) is 0. The highest BCUT2D eigenvalue weighted by Crippen LogP contribution is 2.11. The van der Waals surface area contributed by atoms with E-state index in [2.05, 4.69) is 42.9 Å². The maximum absolute atomic E-state index is 2.37. The molecule has 1 rings (SSSR count). The Kier molecular flexibility index (Phi) is 18.8. The second-order valence-electron chi connectivity index (χ2n) is 7.79. The van der Waals surface area contributed by atoms with Crippen molar-refractivity contribution in [1.29, 1.82) is 0 Å². The van der Waals surface area contributed by atoms with Crippen LogP contribution in [0.5, 0.6) is 0 Å². The van der Waals surface area contributed by atoms with Crippen molar-refractivity contribution in [3.05, 3.63) is 30.1 Å².